The lowest BCUT2D eigenvalue weighted by Crippen LogP contribution is -2.46. The normalized spacial score (nSPS) is 33.9. The highest BCUT2D eigenvalue weighted by molar-refractivity contribution is 8.40. The first-order chi connectivity index (χ1) is 23.6. The predicted octanol–water partition coefficient (Wildman–Crippen LogP) is -2.44. The van der Waals surface area contributed by atoms with Gasteiger partial charge in [-0.25, -0.2) is 30.0 Å². The van der Waals surface area contributed by atoms with Gasteiger partial charge in [-0.3, -0.25) is 19.4 Å². The van der Waals surface area contributed by atoms with E-state index in [9.17, 15) is 24.8 Å². The van der Waals surface area contributed by atoms with Crippen molar-refractivity contribution in [1.29, 1.82) is 0 Å². The zero-order chi connectivity index (χ0) is 34.7. The lowest BCUT2D eigenvalue weighted by atomic mass is 10.1. The molecule has 264 valence electrons. The summed E-state index contributed by atoms with van der Waals surface area (Å²) >= 11 is 9.33. The van der Waals surface area contributed by atoms with Crippen LogP contribution in [0.1, 0.15) is 12.5 Å². The zero-order valence-electron chi connectivity index (χ0n) is 25.6. The fraction of sp³-hybridized carbons (Fsp3) is 0.520. The van der Waals surface area contributed by atoms with Gasteiger partial charge >= 0.3 is 7.15 Å². The minimum Gasteiger partial charge on any atom is -0.394 e. The number of hydrogen-bond donors (Lipinski definition) is 9. The summed E-state index contributed by atoms with van der Waals surface area (Å²) in [5.41, 5.74) is 1.03. The minimum atomic E-state index is -3.93. The fourth-order valence-electron chi connectivity index (χ4n) is 5.65. The Morgan fingerprint density at radius 1 is 1.12 bits per heavy atom. The van der Waals surface area contributed by atoms with Gasteiger partial charge < -0.3 is 39.5 Å². The summed E-state index contributed by atoms with van der Waals surface area (Å²) in [5, 5.41) is 44.8. The van der Waals surface area contributed by atoms with Crippen LogP contribution in [0.5, 0.6) is 0 Å². The van der Waals surface area contributed by atoms with Crippen LogP contribution in [0.3, 0.4) is 0 Å². The molecule has 20 nitrogen and oxygen atoms in total. The van der Waals surface area contributed by atoms with E-state index in [2.05, 4.69) is 69.6 Å². The summed E-state index contributed by atoms with van der Waals surface area (Å²) in [4.78, 5) is 37.0. The molecule has 10 atom stereocenters. The summed E-state index contributed by atoms with van der Waals surface area (Å²) in [5.74, 6) is 0.451. The molecule has 2 saturated heterocycles. The number of nitrogens with one attached hydrogen (secondary N) is 4. The molecule has 3 aromatic heterocycles. The highest BCUT2D eigenvalue weighted by Gasteiger charge is 2.50. The van der Waals surface area contributed by atoms with Gasteiger partial charge in [-0.15, -0.1) is 0 Å². The number of nitrogens with zero attached hydrogens (tertiary/aromatic N) is 8. The quantitative estimate of drug-likeness (QED) is 0.0764. The number of imidazole rings is 2. The van der Waals surface area contributed by atoms with Crippen molar-refractivity contribution in [3.05, 3.63) is 42.0 Å². The second-order valence-electron chi connectivity index (χ2n) is 11.1. The monoisotopic (exact) mass is 757 g/mol. The maximum atomic E-state index is 12.1. The first-order valence-corrected chi connectivity index (χ1v) is 20.0. The summed E-state index contributed by atoms with van der Waals surface area (Å²) in [6.45, 7) is 0.209. The third-order valence-corrected chi connectivity index (χ3v) is 10.6. The molecular weight excluding hydrogens is 722 g/mol. The largest absolute Gasteiger partial charge is 0.504 e. The summed E-state index contributed by atoms with van der Waals surface area (Å²) in [6.07, 6.45) is 2.42. The van der Waals surface area contributed by atoms with E-state index < -0.39 is 69.4 Å². The van der Waals surface area contributed by atoms with Gasteiger partial charge in [-0.05, 0) is 16.4 Å². The molecule has 49 heavy (non-hydrogen) atoms. The van der Waals surface area contributed by atoms with Gasteiger partial charge in [0.15, 0.2) is 34.9 Å². The Morgan fingerprint density at radius 2 is 1.90 bits per heavy atom. The van der Waals surface area contributed by atoms with Gasteiger partial charge in [-0.2, -0.15) is 0 Å². The van der Waals surface area contributed by atoms with Crippen molar-refractivity contribution in [3.8, 4) is 0 Å². The molecule has 3 aliphatic heterocycles. The number of aliphatic hydroxyl groups is 3. The number of ether oxygens (including phenoxy) is 2. The SMILES string of the molecule is C=c1ncn2c1=NC=NCNC/C=C/CNc1ncnc3c1ncn3C1OC(COP(O)(=S)NC3[C@@H](O)C2O[C@@H]3CO)[C@H](N[P+](=O)S)[C@H]1O. The number of anilines is 1. The minimum absolute atomic E-state index is 0.255. The van der Waals surface area contributed by atoms with E-state index in [1.54, 1.807) is 0 Å². The maximum Gasteiger partial charge on any atom is 0.504 e. The maximum absolute atomic E-state index is 12.1. The summed E-state index contributed by atoms with van der Waals surface area (Å²) < 4.78 is 32.9. The molecule has 8 bridgehead atoms. The van der Waals surface area contributed by atoms with Gasteiger partial charge in [0.25, 0.3) is 6.64 Å². The van der Waals surface area contributed by atoms with E-state index in [0.717, 1.165) is 0 Å². The molecule has 0 amide bonds. The van der Waals surface area contributed by atoms with Crippen LogP contribution < -0.4 is 31.6 Å². The lowest BCUT2D eigenvalue weighted by molar-refractivity contribution is -0.0526. The Labute approximate surface area is 289 Å². The Hall–Kier alpha value is -2.66. The molecule has 0 saturated carbocycles. The van der Waals surface area contributed by atoms with E-state index >= 15 is 0 Å². The van der Waals surface area contributed by atoms with Crippen molar-refractivity contribution >= 4 is 67.8 Å². The Balaban J connectivity index is 1.31. The molecule has 6 unspecified atom stereocenters. The van der Waals surface area contributed by atoms with Gasteiger partial charge in [0.1, 0.15) is 60.7 Å². The van der Waals surface area contributed by atoms with Crippen molar-refractivity contribution < 1.29 is 38.8 Å². The van der Waals surface area contributed by atoms with Crippen molar-refractivity contribution in [2.24, 2.45) is 9.98 Å². The Kier molecular flexibility index (Phi) is 11.6. The second kappa shape index (κ2) is 15.7. The Morgan fingerprint density at radius 3 is 2.69 bits per heavy atom. The van der Waals surface area contributed by atoms with E-state index in [1.807, 2.05) is 12.2 Å². The van der Waals surface area contributed by atoms with Crippen LogP contribution in [-0.4, -0.2) is 125 Å². The van der Waals surface area contributed by atoms with Crippen LogP contribution in [0.15, 0.2) is 41.1 Å². The molecule has 6 heterocycles. The molecule has 0 spiro atoms. The molecule has 0 radical (unpaired) electrons. The average molecular weight is 758 g/mol. The number of thiol groups is 1. The average Bonchev–Trinajstić information content (AvgIpc) is 3.81. The molecule has 24 heteroatoms. The highest BCUT2D eigenvalue weighted by Crippen LogP contribution is 2.44. The zero-order valence-corrected chi connectivity index (χ0v) is 29.1. The van der Waals surface area contributed by atoms with Crippen LogP contribution in [0.2, 0.25) is 0 Å². The van der Waals surface area contributed by atoms with Crippen molar-refractivity contribution in [1.82, 2.24) is 44.6 Å². The van der Waals surface area contributed by atoms with Crippen LogP contribution in [0.25, 0.3) is 17.7 Å². The van der Waals surface area contributed by atoms with Gasteiger partial charge in [0.2, 0.25) is 0 Å². The standard InChI is InChI=1S/C25H34N12O8P2S2/c1-13-22-30-9-27-8-26-4-2-3-5-28-21-18-23(31-10-29-21)37(12-33-18)24-19(39)16(34-46(41)48)15(45-24)7-43-47(42,49)35-17-14(6-38)44-25(20(17)40)36(22)11-32-13/h2-3,9-12,14-17,19-20,24-26,38-40H,1,4-8H2,(H4-,28,29,31,34,35,41,42,48,49)/p+1/b3-2+,27-9?,30-22?/t14-,15?,16+,17?,19-,20-,24?,25?,47?/m1/s1. The topological polar surface area (TPSA) is 260 Å². The summed E-state index contributed by atoms with van der Waals surface area (Å²) in [7, 11) is -2.26. The van der Waals surface area contributed by atoms with E-state index in [0.29, 0.717) is 35.4 Å². The molecule has 3 aromatic rings. The van der Waals surface area contributed by atoms with Crippen molar-refractivity contribution in [3.63, 3.8) is 0 Å². The second-order valence-corrected chi connectivity index (χ2v) is 16.0. The highest BCUT2D eigenvalue weighted by atomic mass is 32.7. The molecule has 8 N–H and O–H groups in total. The van der Waals surface area contributed by atoms with Crippen LogP contribution in [0, 0.1) is 0 Å². The van der Waals surface area contributed by atoms with E-state index in [4.69, 9.17) is 25.8 Å². The third kappa shape index (κ3) is 7.97. The smallest absolute Gasteiger partial charge is 0.394 e. The number of fused-ring (bicyclic) bond motifs is 7. The van der Waals surface area contributed by atoms with E-state index in [1.165, 1.54) is 34.5 Å². The number of aromatic nitrogens is 6. The first-order valence-electron chi connectivity index (χ1n) is 14.9. The van der Waals surface area contributed by atoms with Crippen molar-refractivity contribution in [2.45, 2.75) is 49.0 Å². The van der Waals surface area contributed by atoms with Crippen LogP contribution >= 0.6 is 26.0 Å². The predicted molar refractivity (Wildman–Crippen MR) is 183 cm³/mol. The molecule has 0 aromatic carbocycles. The molecule has 6 rings (SSSR count). The molecule has 3 aliphatic rings. The van der Waals surface area contributed by atoms with E-state index in [-0.39, 0.29) is 18.8 Å². The lowest BCUT2D eigenvalue weighted by Gasteiger charge is -2.27. The molecule has 2 fully saturated rings. The number of aliphatic imine (C=N–C) groups is 1. The van der Waals surface area contributed by atoms with Crippen molar-refractivity contribution in [2.75, 3.05) is 38.3 Å². The summed E-state index contributed by atoms with van der Waals surface area (Å²) in [6, 6.07) is -2.08. The third-order valence-electron chi connectivity index (χ3n) is 7.94. The number of hydrogen-bond acceptors (Lipinski definition) is 16. The van der Waals surface area contributed by atoms with Gasteiger partial charge in [0, 0.05) is 13.1 Å². The first kappa shape index (κ1) is 36.1. The van der Waals surface area contributed by atoms with Gasteiger partial charge in [-0.1, -0.05) is 23.8 Å². The number of aliphatic hydroxyl groups excluding tert-OH is 3. The number of rotatable bonds is 3. The Bertz CT molecular complexity index is 1880. The molecule has 0 aliphatic carbocycles. The van der Waals surface area contributed by atoms with Crippen LogP contribution in [0.4, 0.5) is 5.82 Å². The van der Waals surface area contributed by atoms with Crippen LogP contribution in [-0.2, 0) is 30.4 Å². The van der Waals surface area contributed by atoms with Gasteiger partial charge in [0.05, 0.1) is 38.6 Å². The fourth-order valence-corrected chi connectivity index (χ4v) is 8.29. The molecular formula is C25H35N12O8P2S2+.